The van der Waals surface area contributed by atoms with Gasteiger partial charge in [0.25, 0.3) is 0 Å². The second-order valence-corrected chi connectivity index (χ2v) is 5.89. The van der Waals surface area contributed by atoms with Crippen molar-refractivity contribution in [2.45, 2.75) is 11.8 Å². The van der Waals surface area contributed by atoms with Gasteiger partial charge in [0.2, 0.25) is 10.0 Å². The number of hydrogen-bond acceptors (Lipinski definition) is 4. The lowest BCUT2D eigenvalue weighted by atomic mass is 10.2. The minimum absolute atomic E-state index is 0.0245. The number of hydrogen-bond donors (Lipinski definition) is 2. The molecule has 0 fully saturated rings. The van der Waals surface area contributed by atoms with Crippen molar-refractivity contribution in [3.8, 4) is 11.5 Å². The number of benzene rings is 2. The summed E-state index contributed by atoms with van der Waals surface area (Å²) in [5, 5.41) is 5.07. The van der Waals surface area contributed by atoms with Crippen LogP contribution in [0.3, 0.4) is 0 Å². The number of primary sulfonamides is 1. The number of sulfonamides is 1. The Morgan fingerprint density at radius 1 is 1.10 bits per heavy atom. The summed E-state index contributed by atoms with van der Waals surface area (Å²) in [7, 11) is -4.02. The Morgan fingerprint density at radius 3 is 2.38 bits per heavy atom. The van der Waals surface area contributed by atoms with Gasteiger partial charge >= 0.3 is 0 Å². The van der Waals surface area contributed by atoms with E-state index in [1.165, 1.54) is 19.1 Å². The van der Waals surface area contributed by atoms with Gasteiger partial charge in [0.05, 0.1) is 4.90 Å². The first kappa shape index (κ1) is 15.2. The highest BCUT2D eigenvalue weighted by Gasteiger charge is 2.18. The van der Waals surface area contributed by atoms with Crippen molar-refractivity contribution in [3.05, 3.63) is 47.5 Å². The summed E-state index contributed by atoms with van der Waals surface area (Å²) < 4.78 is 54.8. The molecule has 0 unspecified atom stereocenters. The molecule has 0 aromatic heterocycles. The Labute approximate surface area is 120 Å². The first-order valence-corrected chi connectivity index (χ1v) is 7.29. The van der Waals surface area contributed by atoms with Crippen LogP contribution in [0.1, 0.15) is 5.56 Å². The van der Waals surface area contributed by atoms with Crippen LogP contribution in [0.15, 0.2) is 35.2 Å². The van der Waals surface area contributed by atoms with Gasteiger partial charge in [-0.1, -0.05) is 0 Å². The smallest absolute Gasteiger partial charge is 0.238 e. The summed E-state index contributed by atoms with van der Waals surface area (Å²) in [4.78, 5) is -0.241. The summed E-state index contributed by atoms with van der Waals surface area (Å²) in [5.41, 5.74) is 5.79. The second-order valence-electron chi connectivity index (χ2n) is 4.36. The quantitative estimate of drug-likeness (QED) is 0.850. The van der Waals surface area contributed by atoms with E-state index in [1.807, 2.05) is 0 Å². The Hall–Kier alpha value is -2.19. The largest absolute Gasteiger partial charge is 0.454 e. The fourth-order valence-electron chi connectivity index (χ4n) is 1.76. The molecule has 21 heavy (non-hydrogen) atoms. The lowest BCUT2D eigenvalue weighted by Gasteiger charge is -2.13. The van der Waals surface area contributed by atoms with Gasteiger partial charge in [0, 0.05) is 23.4 Å². The molecule has 112 valence electrons. The molecule has 0 spiro atoms. The van der Waals surface area contributed by atoms with Gasteiger partial charge in [-0.3, -0.25) is 0 Å². The monoisotopic (exact) mass is 314 g/mol. The molecule has 4 N–H and O–H groups in total. The van der Waals surface area contributed by atoms with Crippen molar-refractivity contribution in [3.63, 3.8) is 0 Å². The Bertz CT molecular complexity index is 807. The van der Waals surface area contributed by atoms with Crippen molar-refractivity contribution in [1.82, 2.24) is 0 Å². The maximum Gasteiger partial charge on any atom is 0.238 e. The van der Waals surface area contributed by atoms with E-state index in [2.05, 4.69) is 0 Å². The van der Waals surface area contributed by atoms with Crippen LogP contribution in [-0.2, 0) is 10.0 Å². The van der Waals surface area contributed by atoms with Crippen molar-refractivity contribution >= 4 is 15.7 Å². The maximum atomic E-state index is 13.6. The van der Waals surface area contributed by atoms with Crippen LogP contribution in [0.4, 0.5) is 14.5 Å². The summed E-state index contributed by atoms with van der Waals surface area (Å²) in [6, 6.07) is 5.14. The molecule has 0 aliphatic carbocycles. The number of nitrogens with two attached hydrogens (primary N) is 2. The number of rotatable bonds is 3. The lowest BCUT2D eigenvalue weighted by molar-refractivity contribution is 0.432. The molecule has 0 aliphatic heterocycles. The highest BCUT2D eigenvalue weighted by atomic mass is 32.2. The third-order valence-corrected chi connectivity index (χ3v) is 3.79. The molecule has 2 aromatic rings. The van der Waals surface area contributed by atoms with E-state index in [4.69, 9.17) is 15.6 Å². The molecule has 0 heterocycles. The van der Waals surface area contributed by atoms with Crippen molar-refractivity contribution in [1.29, 1.82) is 0 Å². The van der Waals surface area contributed by atoms with E-state index < -0.39 is 21.7 Å². The molecule has 5 nitrogen and oxygen atoms in total. The summed E-state index contributed by atoms with van der Waals surface area (Å²) in [5.74, 6) is -1.90. The summed E-state index contributed by atoms with van der Waals surface area (Å²) in [6.45, 7) is 1.42. The molecule has 0 saturated carbocycles. The molecular formula is C13H12F2N2O3S. The molecule has 0 atom stereocenters. The molecule has 0 bridgehead atoms. The highest BCUT2D eigenvalue weighted by Crippen LogP contribution is 2.33. The number of halogens is 2. The lowest BCUT2D eigenvalue weighted by Crippen LogP contribution is -2.14. The maximum absolute atomic E-state index is 13.6. The standard InChI is InChI=1S/C13H12F2N2O3S/c1-7-11(5-9(16)6-13(7)21(17,18)19)20-12-4-8(14)2-3-10(12)15/h2-6H,16H2,1H3,(H2,17,18,19). The predicted octanol–water partition coefficient (Wildman–Crippen LogP) is 2.30. The first-order valence-electron chi connectivity index (χ1n) is 5.74. The molecule has 2 aromatic carbocycles. The summed E-state index contributed by atoms with van der Waals surface area (Å²) >= 11 is 0. The van der Waals surface area contributed by atoms with Crippen LogP contribution in [0.5, 0.6) is 11.5 Å². The molecule has 0 aliphatic rings. The predicted molar refractivity (Wildman–Crippen MR) is 73.4 cm³/mol. The average molecular weight is 314 g/mol. The SMILES string of the molecule is Cc1c(Oc2cc(F)ccc2F)cc(N)cc1S(N)(=O)=O. The Kier molecular flexibility index (Phi) is 3.84. The average Bonchev–Trinajstić information content (AvgIpc) is 2.36. The normalized spacial score (nSPS) is 11.4. The fraction of sp³-hybridized carbons (Fsp3) is 0.0769. The number of nitrogen functional groups attached to an aromatic ring is 1. The molecule has 0 amide bonds. The van der Waals surface area contributed by atoms with Gasteiger partial charge in [0.1, 0.15) is 11.6 Å². The molecule has 8 heteroatoms. The third-order valence-electron chi connectivity index (χ3n) is 2.75. The molecule has 0 radical (unpaired) electrons. The number of anilines is 1. The topological polar surface area (TPSA) is 95.4 Å². The fourth-order valence-corrected chi connectivity index (χ4v) is 2.59. The van der Waals surface area contributed by atoms with Crippen molar-refractivity contribution in [2.75, 3.05) is 5.73 Å². The Morgan fingerprint density at radius 2 is 1.76 bits per heavy atom. The van der Waals surface area contributed by atoms with Crippen LogP contribution in [0, 0.1) is 18.6 Å². The third kappa shape index (κ3) is 3.29. The zero-order valence-corrected chi connectivity index (χ0v) is 11.7. The minimum atomic E-state index is -4.02. The van der Waals surface area contributed by atoms with Crippen LogP contribution >= 0.6 is 0 Å². The van der Waals surface area contributed by atoms with E-state index in [9.17, 15) is 17.2 Å². The zero-order chi connectivity index (χ0) is 15.8. The van der Waals surface area contributed by atoms with Crippen molar-refractivity contribution in [2.24, 2.45) is 5.14 Å². The minimum Gasteiger partial charge on any atom is -0.454 e. The van der Waals surface area contributed by atoms with E-state index in [1.54, 1.807) is 0 Å². The van der Waals surface area contributed by atoms with Crippen LogP contribution < -0.4 is 15.6 Å². The molecule has 0 saturated heterocycles. The van der Waals surface area contributed by atoms with Gasteiger partial charge in [-0.25, -0.2) is 22.3 Å². The van der Waals surface area contributed by atoms with Crippen LogP contribution in [-0.4, -0.2) is 8.42 Å². The first-order chi connectivity index (χ1) is 9.68. The second kappa shape index (κ2) is 5.30. The summed E-state index contributed by atoms with van der Waals surface area (Å²) in [6.07, 6.45) is 0. The van der Waals surface area contributed by atoms with Gasteiger partial charge in [-0.2, -0.15) is 0 Å². The highest BCUT2D eigenvalue weighted by molar-refractivity contribution is 7.89. The van der Waals surface area contributed by atoms with E-state index in [0.717, 1.165) is 18.2 Å². The molecular weight excluding hydrogens is 302 g/mol. The Balaban J connectivity index is 2.55. The zero-order valence-electron chi connectivity index (χ0n) is 10.9. The van der Waals surface area contributed by atoms with Crippen molar-refractivity contribution < 1.29 is 21.9 Å². The van der Waals surface area contributed by atoms with Gasteiger partial charge in [-0.05, 0) is 25.1 Å². The van der Waals surface area contributed by atoms with Crippen LogP contribution in [0.25, 0.3) is 0 Å². The number of ether oxygens (including phenoxy) is 1. The van der Waals surface area contributed by atoms with Gasteiger partial charge in [-0.15, -0.1) is 0 Å². The van der Waals surface area contributed by atoms with E-state index in [-0.39, 0.29) is 27.6 Å². The van der Waals surface area contributed by atoms with Gasteiger partial charge in [0.15, 0.2) is 11.6 Å². The van der Waals surface area contributed by atoms with E-state index >= 15 is 0 Å². The van der Waals surface area contributed by atoms with Gasteiger partial charge < -0.3 is 10.5 Å². The van der Waals surface area contributed by atoms with E-state index in [0.29, 0.717) is 0 Å². The molecule has 2 rings (SSSR count). The van der Waals surface area contributed by atoms with Crippen LogP contribution in [0.2, 0.25) is 0 Å².